The third kappa shape index (κ3) is 3.52. The molecule has 1 aliphatic heterocycles. The number of rotatable bonds is 4. The van der Waals surface area contributed by atoms with Crippen molar-refractivity contribution in [3.8, 4) is 6.07 Å². The molecule has 0 saturated heterocycles. The first-order chi connectivity index (χ1) is 9.20. The molecule has 1 unspecified atom stereocenters. The fraction of sp³-hybridized carbons (Fsp3) is 0.375. The second-order valence-corrected chi connectivity index (χ2v) is 4.99. The van der Waals surface area contributed by atoms with Crippen molar-refractivity contribution in [2.45, 2.75) is 19.9 Å². The van der Waals surface area contributed by atoms with E-state index in [4.69, 9.17) is 10.7 Å². The van der Waals surface area contributed by atoms with E-state index >= 15 is 0 Å². The van der Waals surface area contributed by atoms with Crippen molar-refractivity contribution in [3.05, 3.63) is 47.5 Å². The van der Waals surface area contributed by atoms with Crippen molar-refractivity contribution in [2.75, 3.05) is 13.1 Å². The minimum absolute atomic E-state index is 0.320. The van der Waals surface area contributed by atoms with E-state index < -0.39 is 0 Å². The lowest BCUT2D eigenvalue weighted by molar-refractivity contribution is 0.283. The quantitative estimate of drug-likeness (QED) is 0.662. The highest BCUT2D eigenvalue weighted by Crippen LogP contribution is 2.21. The summed E-state index contributed by atoms with van der Waals surface area (Å²) in [6.45, 7) is 4.50. The molecule has 0 fully saturated rings. The van der Waals surface area contributed by atoms with Gasteiger partial charge in [0.25, 0.3) is 0 Å². The highest BCUT2D eigenvalue weighted by molar-refractivity contribution is 5.86. The summed E-state index contributed by atoms with van der Waals surface area (Å²) >= 11 is 0. The summed E-state index contributed by atoms with van der Waals surface area (Å²) in [4.78, 5) is 2.37. The highest BCUT2D eigenvalue weighted by Gasteiger charge is 2.20. The van der Waals surface area contributed by atoms with Crippen LogP contribution in [-0.4, -0.2) is 23.7 Å². The van der Waals surface area contributed by atoms with Crippen molar-refractivity contribution in [1.82, 2.24) is 4.90 Å². The van der Waals surface area contributed by atoms with Gasteiger partial charge in [-0.15, -0.1) is 0 Å². The number of hydrogen-bond donors (Lipinski definition) is 1. The number of nitrogens with zero attached hydrogens (tertiary/aromatic N) is 2. The maximum Gasteiger partial charge on any atom is 0.105 e. The molecule has 0 aromatic heterocycles. The fourth-order valence-corrected chi connectivity index (χ4v) is 2.43. The monoisotopic (exact) mass is 253 g/mol. The topological polar surface area (TPSA) is 50.9 Å². The Hall–Kier alpha value is -1.92. The standard InChI is InChI=1S/C16H19N3/c1-13(18)16(11-17)15-7-9-19(10-8-15)12-14-5-3-2-4-6-14/h2-7,16,18H,8-10,12H2,1H3. The maximum absolute atomic E-state index is 9.10. The molecule has 1 aromatic carbocycles. The molecule has 2 rings (SSSR count). The van der Waals surface area contributed by atoms with Crippen LogP contribution < -0.4 is 0 Å². The van der Waals surface area contributed by atoms with Gasteiger partial charge in [-0.25, -0.2) is 0 Å². The average molecular weight is 253 g/mol. The summed E-state index contributed by atoms with van der Waals surface area (Å²) in [7, 11) is 0. The molecule has 1 N–H and O–H groups in total. The van der Waals surface area contributed by atoms with Crippen LogP contribution in [0.3, 0.4) is 0 Å². The lowest BCUT2D eigenvalue weighted by atomic mass is 9.91. The Morgan fingerprint density at radius 3 is 2.68 bits per heavy atom. The lowest BCUT2D eigenvalue weighted by Gasteiger charge is -2.27. The number of nitriles is 1. The first-order valence-corrected chi connectivity index (χ1v) is 6.60. The van der Waals surface area contributed by atoms with Crippen molar-refractivity contribution < 1.29 is 0 Å². The van der Waals surface area contributed by atoms with Crippen LogP contribution in [0.1, 0.15) is 18.9 Å². The molecule has 3 nitrogen and oxygen atoms in total. The minimum Gasteiger partial charge on any atom is -0.308 e. The van der Waals surface area contributed by atoms with Gasteiger partial charge < -0.3 is 5.41 Å². The van der Waals surface area contributed by atoms with Crippen molar-refractivity contribution in [3.63, 3.8) is 0 Å². The van der Waals surface area contributed by atoms with Crippen LogP contribution in [0.5, 0.6) is 0 Å². The first kappa shape index (κ1) is 13.5. The molecule has 1 aromatic rings. The van der Waals surface area contributed by atoms with Crippen LogP contribution in [0, 0.1) is 22.7 Å². The Balaban J connectivity index is 1.96. The van der Waals surface area contributed by atoms with E-state index in [1.165, 1.54) is 5.56 Å². The molecular formula is C16H19N3. The van der Waals surface area contributed by atoms with Gasteiger partial charge in [0, 0.05) is 25.3 Å². The molecule has 0 radical (unpaired) electrons. The summed E-state index contributed by atoms with van der Waals surface area (Å²) in [5, 5.41) is 16.7. The minimum atomic E-state index is -0.320. The van der Waals surface area contributed by atoms with Crippen LogP contribution in [0.2, 0.25) is 0 Å². The second kappa shape index (κ2) is 6.31. The Kier molecular flexibility index (Phi) is 4.48. The summed E-state index contributed by atoms with van der Waals surface area (Å²) in [6.07, 6.45) is 3.01. The van der Waals surface area contributed by atoms with Crippen LogP contribution in [0.15, 0.2) is 42.0 Å². The molecule has 1 aliphatic rings. The maximum atomic E-state index is 9.10. The van der Waals surface area contributed by atoms with E-state index in [0.717, 1.165) is 31.6 Å². The Morgan fingerprint density at radius 2 is 2.16 bits per heavy atom. The normalized spacial score (nSPS) is 17.4. The van der Waals surface area contributed by atoms with Gasteiger partial charge in [-0.2, -0.15) is 5.26 Å². The van der Waals surface area contributed by atoms with Gasteiger partial charge in [0.2, 0.25) is 0 Å². The van der Waals surface area contributed by atoms with E-state index in [1.54, 1.807) is 6.92 Å². The summed E-state index contributed by atoms with van der Waals surface area (Å²) in [6, 6.07) is 12.7. The van der Waals surface area contributed by atoms with Crippen LogP contribution in [0.4, 0.5) is 0 Å². The Bertz CT molecular complexity index is 511. The molecule has 3 heteroatoms. The Labute approximate surface area is 114 Å². The van der Waals surface area contributed by atoms with Gasteiger partial charge in [0.1, 0.15) is 5.92 Å². The molecule has 0 spiro atoms. The molecular weight excluding hydrogens is 234 g/mol. The van der Waals surface area contributed by atoms with Gasteiger partial charge in [-0.3, -0.25) is 4.90 Å². The first-order valence-electron chi connectivity index (χ1n) is 6.60. The van der Waals surface area contributed by atoms with Crippen molar-refractivity contribution in [1.29, 1.82) is 10.7 Å². The van der Waals surface area contributed by atoms with Gasteiger partial charge in [-0.05, 0) is 24.5 Å². The molecule has 0 saturated carbocycles. The highest BCUT2D eigenvalue weighted by atomic mass is 15.1. The smallest absolute Gasteiger partial charge is 0.105 e. The van der Waals surface area contributed by atoms with E-state index in [9.17, 15) is 0 Å². The van der Waals surface area contributed by atoms with E-state index in [1.807, 2.05) is 6.07 Å². The predicted molar refractivity (Wildman–Crippen MR) is 76.9 cm³/mol. The lowest BCUT2D eigenvalue weighted by Crippen LogP contribution is -2.30. The largest absolute Gasteiger partial charge is 0.308 e. The van der Waals surface area contributed by atoms with Gasteiger partial charge in [-0.1, -0.05) is 36.4 Å². The van der Waals surface area contributed by atoms with Crippen LogP contribution in [-0.2, 0) is 6.54 Å². The van der Waals surface area contributed by atoms with E-state index in [2.05, 4.69) is 41.3 Å². The summed E-state index contributed by atoms with van der Waals surface area (Å²) < 4.78 is 0. The summed E-state index contributed by atoms with van der Waals surface area (Å²) in [5.41, 5.74) is 2.88. The third-order valence-electron chi connectivity index (χ3n) is 3.51. The van der Waals surface area contributed by atoms with Crippen molar-refractivity contribution in [2.24, 2.45) is 5.92 Å². The third-order valence-corrected chi connectivity index (χ3v) is 3.51. The van der Waals surface area contributed by atoms with Gasteiger partial charge in [0.15, 0.2) is 0 Å². The second-order valence-electron chi connectivity index (χ2n) is 4.99. The predicted octanol–water partition coefficient (Wildman–Crippen LogP) is 3.00. The zero-order valence-corrected chi connectivity index (χ0v) is 11.3. The van der Waals surface area contributed by atoms with E-state index in [0.29, 0.717) is 5.71 Å². The van der Waals surface area contributed by atoms with Crippen LogP contribution in [0.25, 0.3) is 0 Å². The van der Waals surface area contributed by atoms with Gasteiger partial charge in [0.05, 0.1) is 6.07 Å². The van der Waals surface area contributed by atoms with Crippen LogP contribution >= 0.6 is 0 Å². The SMILES string of the molecule is CC(=N)C(C#N)C1=CCN(Cc2ccccc2)CC1. The molecule has 0 amide bonds. The number of benzene rings is 1. The average Bonchev–Trinajstić information content (AvgIpc) is 2.42. The fourth-order valence-electron chi connectivity index (χ4n) is 2.43. The van der Waals surface area contributed by atoms with E-state index in [-0.39, 0.29) is 5.92 Å². The molecule has 1 atom stereocenters. The number of nitrogens with one attached hydrogen (secondary N) is 1. The number of hydrogen-bond acceptors (Lipinski definition) is 3. The van der Waals surface area contributed by atoms with Gasteiger partial charge >= 0.3 is 0 Å². The zero-order valence-electron chi connectivity index (χ0n) is 11.3. The zero-order chi connectivity index (χ0) is 13.7. The summed E-state index contributed by atoms with van der Waals surface area (Å²) in [5.74, 6) is -0.320. The molecule has 19 heavy (non-hydrogen) atoms. The molecule has 0 aliphatic carbocycles. The Morgan fingerprint density at radius 1 is 1.42 bits per heavy atom. The molecule has 98 valence electrons. The molecule has 0 bridgehead atoms. The molecule has 1 heterocycles. The van der Waals surface area contributed by atoms with Crippen molar-refractivity contribution >= 4 is 5.71 Å².